The minimum absolute atomic E-state index is 0.323. The number of ether oxygens (including phenoxy) is 1. The molecule has 0 saturated heterocycles. The number of hydrogen-bond acceptors (Lipinski definition) is 5. The Morgan fingerprint density at radius 3 is 2.23 bits per heavy atom. The number of carbonyl (C=O) groups excluding carboxylic acids is 3. The van der Waals surface area contributed by atoms with E-state index in [1.807, 2.05) is 0 Å². The first-order valence-corrected chi connectivity index (χ1v) is 6.54. The lowest BCUT2D eigenvalue weighted by Crippen LogP contribution is -2.35. The van der Waals surface area contributed by atoms with Crippen molar-refractivity contribution in [1.29, 1.82) is 0 Å². The molecule has 0 radical (unpaired) electrons. The predicted octanol–water partition coefficient (Wildman–Crippen LogP) is 2.10. The van der Waals surface area contributed by atoms with Gasteiger partial charge in [-0.1, -0.05) is 18.2 Å². The fourth-order valence-corrected chi connectivity index (χ4v) is 2.25. The Hall–Kier alpha value is -3.15. The normalized spacial score (nSPS) is 13.0. The zero-order valence-electron chi connectivity index (χ0n) is 11.7. The minimum Gasteiger partial charge on any atom is -0.465 e. The summed E-state index contributed by atoms with van der Waals surface area (Å²) in [5.74, 6) is -1.35. The molecule has 0 spiro atoms. The monoisotopic (exact) mass is 296 g/mol. The van der Waals surface area contributed by atoms with E-state index in [1.165, 1.54) is 13.2 Å². The van der Waals surface area contributed by atoms with E-state index in [1.54, 1.807) is 42.5 Å². The molecular weight excluding hydrogens is 284 g/mol. The molecule has 3 rings (SSSR count). The summed E-state index contributed by atoms with van der Waals surface area (Å²) in [6.07, 6.45) is 0. The van der Waals surface area contributed by atoms with Gasteiger partial charge in [-0.2, -0.15) is 5.01 Å². The van der Waals surface area contributed by atoms with Gasteiger partial charge >= 0.3 is 5.97 Å². The summed E-state index contributed by atoms with van der Waals surface area (Å²) in [5, 5.41) is 0.932. The highest BCUT2D eigenvalue weighted by Gasteiger charge is 2.35. The van der Waals surface area contributed by atoms with Crippen LogP contribution in [0.5, 0.6) is 0 Å². The van der Waals surface area contributed by atoms with Crippen LogP contribution in [0.3, 0.4) is 0 Å². The van der Waals surface area contributed by atoms with Crippen LogP contribution in [-0.2, 0) is 4.74 Å². The molecule has 0 unspecified atom stereocenters. The molecule has 0 aliphatic carbocycles. The first-order chi connectivity index (χ1) is 10.6. The molecule has 110 valence electrons. The van der Waals surface area contributed by atoms with Gasteiger partial charge in [-0.3, -0.25) is 15.0 Å². The standard InChI is InChI=1S/C16H12N2O4/c1-22-16(21)10-5-4-6-11(9-10)17-18-14(19)12-7-2-3-8-13(12)15(18)20/h2-9,17H,1H3. The number of anilines is 1. The average molecular weight is 296 g/mol. The second-order valence-electron chi connectivity index (χ2n) is 4.68. The number of nitrogens with zero attached hydrogens (tertiary/aromatic N) is 1. The zero-order chi connectivity index (χ0) is 15.7. The van der Waals surface area contributed by atoms with Gasteiger partial charge in [0.15, 0.2) is 0 Å². The molecule has 1 aliphatic rings. The Balaban J connectivity index is 1.88. The topological polar surface area (TPSA) is 75.7 Å². The number of fused-ring (bicyclic) bond motifs is 1. The molecule has 1 N–H and O–H groups in total. The van der Waals surface area contributed by atoms with E-state index in [2.05, 4.69) is 10.2 Å². The lowest BCUT2D eigenvalue weighted by atomic mass is 10.1. The number of amides is 2. The molecule has 2 amide bonds. The molecule has 1 heterocycles. The molecular formula is C16H12N2O4. The van der Waals surface area contributed by atoms with Gasteiger partial charge in [-0.15, -0.1) is 0 Å². The minimum atomic E-state index is -0.494. The largest absolute Gasteiger partial charge is 0.465 e. The van der Waals surface area contributed by atoms with Crippen LogP contribution in [0.2, 0.25) is 0 Å². The maximum atomic E-state index is 12.2. The van der Waals surface area contributed by atoms with Crippen LogP contribution < -0.4 is 5.43 Å². The van der Waals surface area contributed by atoms with Crippen LogP contribution in [0.15, 0.2) is 48.5 Å². The molecule has 0 fully saturated rings. The van der Waals surface area contributed by atoms with Gasteiger partial charge in [0, 0.05) is 0 Å². The van der Waals surface area contributed by atoms with Gasteiger partial charge in [-0.05, 0) is 30.3 Å². The van der Waals surface area contributed by atoms with E-state index in [4.69, 9.17) is 0 Å². The first kappa shape index (κ1) is 13.8. The first-order valence-electron chi connectivity index (χ1n) is 6.54. The number of esters is 1. The summed E-state index contributed by atoms with van der Waals surface area (Å²) < 4.78 is 4.64. The fourth-order valence-electron chi connectivity index (χ4n) is 2.25. The van der Waals surface area contributed by atoms with Crippen molar-refractivity contribution < 1.29 is 19.1 Å². The molecule has 6 nitrogen and oxygen atoms in total. The summed E-state index contributed by atoms with van der Waals surface area (Å²) in [6, 6.07) is 13.0. The van der Waals surface area contributed by atoms with Gasteiger partial charge in [0.2, 0.25) is 0 Å². The second-order valence-corrected chi connectivity index (χ2v) is 4.68. The molecule has 0 atom stereocenters. The fraction of sp³-hybridized carbons (Fsp3) is 0.0625. The Bertz CT molecular complexity index is 750. The quantitative estimate of drug-likeness (QED) is 0.693. The maximum Gasteiger partial charge on any atom is 0.337 e. The highest BCUT2D eigenvalue weighted by molar-refractivity contribution is 6.21. The van der Waals surface area contributed by atoms with Crippen LogP contribution in [0.4, 0.5) is 5.69 Å². The molecule has 1 aliphatic heterocycles. The van der Waals surface area contributed by atoms with E-state index >= 15 is 0 Å². The number of nitrogens with one attached hydrogen (secondary N) is 1. The maximum absolute atomic E-state index is 12.2. The van der Waals surface area contributed by atoms with E-state index in [9.17, 15) is 14.4 Å². The highest BCUT2D eigenvalue weighted by Crippen LogP contribution is 2.23. The summed E-state index contributed by atoms with van der Waals surface area (Å²) in [6.45, 7) is 0. The Kier molecular flexibility index (Phi) is 3.34. The highest BCUT2D eigenvalue weighted by atomic mass is 16.5. The molecule has 2 aromatic carbocycles. The van der Waals surface area contributed by atoms with Crippen LogP contribution in [-0.4, -0.2) is 29.9 Å². The number of rotatable bonds is 3. The van der Waals surface area contributed by atoms with Crippen molar-refractivity contribution >= 4 is 23.5 Å². The van der Waals surface area contributed by atoms with Gasteiger partial charge in [0.25, 0.3) is 11.8 Å². The van der Waals surface area contributed by atoms with Gasteiger partial charge in [-0.25, -0.2) is 4.79 Å². The Labute approximate surface area is 126 Å². The number of methoxy groups -OCH3 is 1. The molecule has 0 saturated carbocycles. The molecule has 2 aromatic rings. The van der Waals surface area contributed by atoms with Crippen molar-refractivity contribution in [2.45, 2.75) is 0 Å². The van der Waals surface area contributed by atoms with Crippen LogP contribution in [0, 0.1) is 0 Å². The van der Waals surface area contributed by atoms with Gasteiger partial charge in [0.05, 0.1) is 29.5 Å². The van der Waals surface area contributed by atoms with Crippen molar-refractivity contribution in [3.63, 3.8) is 0 Å². The van der Waals surface area contributed by atoms with Gasteiger partial charge in [0.1, 0.15) is 0 Å². The van der Waals surface area contributed by atoms with Crippen molar-refractivity contribution in [2.24, 2.45) is 0 Å². The number of imide groups is 1. The second kappa shape index (κ2) is 5.33. The predicted molar refractivity (Wildman–Crippen MR) is 78.3 cm³/mol. The van der Waals surface area contributed by atoms with Crippen molar-refractivity contribution in [3.8, 4) is 0 Å². The summed E-state index contributed by atoms with van der Waals surface area (Å²) in [7, 11) is 1.28. The molecule has 0 aromatic heterocycles. The Morgan fingerprint density at radius 1 is 1.00 bits per heavy atom. The molecule has 0 bridgehead atoms. The van der Waals surface area contributed by atoms with Crippen LogP contribution >= 0.6 is 0 Å². The lowest BCUT2D eigenvalue weighted by molar-refractivity contribution is 0.0600. The third-order valence-corrected chi connectivity index (χ3v) is 3.32. The summed E-state index contributed by atoms with van der Waals surface area (Å²) in [4.78, 5) is 36.0. The molecule has 6 heteroatoms. The third-order valence-electron chi connectivity index (χ3n) is 3.32. The number of hydrazine groups is 1. The van der Waals surface area contributed by atoms with Crippen molar-refractivity contribution in [1.82, 2.24) is 5.01 Å². The van der Waals surface area contributed by atoms with E-state index < -0.39 is 17.8 Å². The number of benzene rings is 2. The van der Waals surface area contributed by atoms with Gasteiger partial charge < -0.3 is 4.74 Å². The summed E-state index contributed by atoms with van der Waals surface area (Å²) >= 11 is 0. The van der Waals surface area contributed by atoms with Crippen molar-refractivity contribution in [2.75, 3.05) is 12.5 Å². The lowest BCUT2D eigenvalue weighted by Gasteiger charge is -2.16. The van der Waals surface area contributed by atoms with E-state index in [0.717, 1.165) is 5.01 Å². The zero-order valence-corrected chi connectivity index (χ0v) is 11.7. The summed E-state index contributed by atoms with van der Waals surface area (Å²) in [5.41, 5.74) is 4.20. The number of hydrogen-bond donors (Lipinski definition) is 1. The van der Waals surface area contributed by atoms with E-state index in [-0.39, 0.29) is 0 Å². The average Bonchev–Trinajstić information content (AvgIpc) is 2.80. The smallest absolute Gasteiger partial charge is 0.337 e. The molecule has 22 heavy (non-hydrogen) atoms. The Morgan fingerprint density at radius 2 is 1.64 bits per heavy atom. The van der Waals surface area contributed by atoms with Crippen molar-refractivity contribution in [3.05, 3.63) is 65.2 Å². The van der Waals surface area contributed by atoms with E-state index in [0.29, 0.717) is 22.4 Å². The van der Waals surface area contributed by atoms with Crippen LogP contribution in [0.1, 0.15) is 31.1 Å². The number of carbonyl (C=O) groups is 3. The SMILES string of the molecule is COC(=O)c1cccc(NN2C(=O)c3ccccc3C2=O)c1. The third kappa shape index (κ3) is 2.20. The van der Waals surface area contributed by atoms with Crippen LogP contribution in [0.25, 0.3) is 0 Å².